The van der Waals surface area contributed by atoms with E-state index in [1.807, 2.05) is 0 Å². The normalized spacial score (nSPS) is 15.3. The number of hydrogen-bond acceptors (Lipinski definition) is 4. The van der Waals surface area contributed by atoms with Crippen LogP contribution < -0.4 is 0 Å². The average Bonchev–Trinajstić information content (AvgIpc) is 2.27. The predicted octanol–water partition coefficient (Wildman–Crippen LogP) is 1.22. The second-order valence-electron chi connectivity index (χ2n) is 3.22. The fourth-order valence-corrected chi connectivity index (χ4v) is 1.59. The zero-order valence-electron chi connectivity index (χ0n) is 8.40. The Bertz CT molecular complexity index is 488. The number of methoxy groups -OCH3 is 1. The van der Waals surface area contributed by atoms with E-state index in [1.54, 1.807) is 25.3 Å². The van der Waals surface area contributed by atoms with Gasteiger partial charge in [-0.15, -0.1) is 0 Å². The molecule has 1 aromatic rings. The second-order valence-corrected chi connectivity index (χ2v) is 3.22. The maximum Gasteiger partial charge on any atom is 0.235 e. The number of Topliss-reactive ketones (excluding diaryl/α,β-unsaturated/α-hetero) is 2. The van der Waals surface area contributed by atoms with E-state index >= 15 is 0 Å². The predicted molar refractivity (Wildman–Crippen MR) is 53.2 cm³/mol. The number of carbonyl (C=O) groups is 2. The lowest BCUT2D eigenvalue weighted by Crippen LogP contribution is -2.23. The lowest BCUT2D eigenvalue weighted by Gasteiger charge is -2.16. The van der Waals surface area contributed by atoms with E-state index in [0.717, 1.165) is 0 Å². The standard InChI is InChI=1S/C11H9NO3/c1-6-9(13)10(14)7-4-3-5-12-8(7)11(6)15-2/h3-5H,1-2H3. The van der Waals surface area contributed by atoms with Crippen LogP contribution in [0.1, 0.15) is 23.0 Å². The number of ketones is 2. The summed E-state index contributed by atoms with van der Waals surface area (Å²) in [7, 11) is 1.46. The van der Waals surface area contributed by atoms with Gasteiger partial charge in [0.05, 0.1) is 12.7 Å². The van der Waals surface area contributed by atoms with Crippen molar-refractivity contribution in [1.82, 2.24) is 4.98 Å². The van der Waals surface area contributed by atoms with Crippen LogP contribution in [0, 0.1) is 0 Å². The number of carbonyl (C=O) groups excluding carboxylic acids is 2. The fraction of sp³-hybridized carbons (Fsp3) is 0.182. The average molecular weight is 203 g/mol. The van der Waals surface area contributed by atoms with Gasteiger partial charge in [-0.1, -0.05) is 0 Å². The van der Waals surface area contributed by atoms with Gasteiger partial charge < -0.3 is 4.74 Å². The first-order valence-corrected chi connectivity index (χ1v) is 4.46. The van der Waals surface area contributed by atoms with Gasteiger partial charge in [0.2, 0.25) is 11.6 Å². The minimum absolute atomic E-state index is 0.310. The zero-order chi connectivity index (χ0) is 11.0. The molecule has 2 rings (SSSR count). The summed E-state index contributed by atoms with van der Waals surface area (Å²) >= 11 is 0. The Balaban J connectivity index is 2.75. The third kappa shape index (κ3) is 1.26. The Morgan fingerprint density at radius 3 is 2.67 bits per heavy atom. The maximum absolute atomic E-state index is 11.6. The molecule has 1 heterocycles. The van der Waals surface area contributed by atoms with E-state index in [0.29, 0.717) is 22.6 Å². The van der Waals surface area contributed by atoms with Gasteiger partial charge in [0.15, 0.2) is 5.76 Å². The summed E-state index contributed by atoms with van der Waals surface area (Å²) in [5.41, 5.74) is 1.07. The summed E-state index contributed by atoms with van der Waals surface area (Å²) in [6, 6.07) is 3.20. The Hall–Kier alpha value is -1.97. The van der Waals surface area contributed by atoms with Crippen LogP contribution in [0.25, 0.3) is 5.76 Å². The highest BCUT2D eigenvalue weighted by atomic mass is 16.5. The first kappa shape index (κ1) is 9.58. The highest BCUT2D eigenvalue weighted by Gasteiger charge is 2.31. The molecule has 0 bridgehead atoms. The Morgan fingerprint density at radius 1 is 1.27 bits per heavy atom. The summed E-state index contributed by atoms with van der Waals surface area (Å²) in [5.74, 6) is -0.654. The number of fused-ring (bicyclic) bond motifs is 1. The largest absolute Gasteiger partial charge is 0.494 e. The molecule has 0 amide bonds. The molecule has 4 heteroatoms. The second kappa shape index (κ2) is 3.31. The van der Waals surface area contributed by atoms with E-state index in [-0.39, 0.29) is 0 Å². The summed E-state index contributed by atoms with van der Waals surface area (Å²) < 4.78 is 5.09. The first-order chi connectivity index (χ1) is 7.16. The van der Waals surface area contributed by atoms with Gasteiger partial charge in [0.1, 0.15) is 5.69 Å². The van der Waals surface area contributed by atoms with E-state index in [9.17, 15) is 9.59 Å². The van der Waals surface area contributed by atoms with Gasteiger partial charge in [0, 0.05) is 11.8 Å². The molecule has 0 N–H and O–H groups in total. The van der Waals surface area contributed by atoms with Gasteiger partial charge in [-0.25, -0.2) is 0 Å². The van der Waals surface area contributed by atoms with Crippen LogP contribution in [0.2, 0.25) is 0 Å². The lowest BCUT2D eigenvalue weighted by atomic mass is 9.93. The Morgan fingerprint density at radius 2 is 2.00 bits per heavy atom. The number of aromatic nitrogens is 1. The summed E-state index contributed by atoms with van der Waals surface area (Å²) in [4.78, 5) is 27.2. The van der Waals surface area contributed by atoms with Crippen LogP contribution in [0.3, 0.4) is 0 Å². The molecule has 0 saturated heterocycles. The monoisotopic (exact) mass is 203 g/mol. The third-order valence-corrected chi connectivity index (χ3v) is 2.36. The minimum atomic E-state index is -0.521. The number of allylic oxidation sites excluding steroid dienone is 1. The number of pyridine rings is 1. The van der Waals surface area contributed by atoms with Crippen molar-refractivity contribution in [2.45, 2.75) is 6.92 Å². The number of ether oxygens (including phenoxy) is 1. The summed E-state index contributed by atoms with van der Waals surface area (Å²) in [6.45, 7) is 1.57. The van der Waals surface area contributed by atoms with Crippen LogP contribution in [-0.4, -0.2) is 23.7 Å². The molecule has 1 aliphatic rings. The molecule has 1 aliphatic carbocycles. The number of hydrogen-bond donors (Lipinski definition) is 0. The van der Waals surface area contributed by atoms with E-state index in [4.69, 9.17) is 4.74 Å². The molecule has 76 valence electrons. The van der Waals surface area contributed by atoms with Crippen LogP contribution in [0.5, 0.6) is 0 Å². The zero-order valence-corrected chi connectivity index (χ0v) is 8.40. The van der Waals surface area contributed by atoms with Gasteiger partial charge in [-0.05, 0) is 19.1 Å². The van der Waals surface area contributed by atoms with Crippen LogP contribution >= 0.6 is 0 Å². The van der Waals surface area contributed by atoms with Crippen molar-refractivity contribution < 1.29 is 14.3 Å². The molecule has 0 atom stereocenters. The van der Waals surface area contributed by atoms with Crippen molar-refractivity contribution in [2.24, 2.45) is 0 Å². The van der Waals surface area contributed by atoms with Crippen LogP contribution in [-0.2, 0) is 9.53 Å². The molecule has 1 aromatic heterocycles. The highest BCUT2D eigenvalue weighted by Crippen LogP contribution is 2.27. The molecule has 0 aromatic carbocycles. The molecular formula is C11H9NO3. The van der Waals surface area contributed by atoms with Gasteiger partial charge in [0.25, 0.3) is 0 Å². The quantitative estimate of drug-likeness (QED) is 0.644. The molecule has 0 unspecified atom stereocenters. The molecule has 15 heavy (non-hydrogen) atoms. The lowest BCUT2D eigenvalue weighted by molar-refractivity contribution is -0.111. The summed E-state index contributed by atoms with van der Waals surface area (Å²) in [6.07, 6.45) is 1.56. The van der Waals surface area contributed by atoms with Crippen molar-refractivity contribution in [3.63, 3.8) is 0 Å². The van der Waals surface area contributed by atoms with Gasteiger partial charge >= 0.3 is 0 Å². The molecular weight excluding hydrogens is 194 g/mol. The molecule has 0 spiro atoms. The Kier molecular flexibility index (Phi) is 2.11. The Labute approximate surface area is 86.6 Å². The minimum Gasteiger partial charge on any atom is -0.494 e. The third-order valence-electron chi connectivity index (χ3n) is 2.36. The van der Waals surface area contributed by atoms with Crippen molar-refractivity contribution >= 4 is 17.3 Å². The number of nitrogens with zero attached hydrogens (tertiary/aromatic N) is 1. The molecule has 0 aliphatic heterocycles. The molecule has 0 saturated carbocycles. The van der Waals surface area contributed by atoms with Crippen molar-refractivity contribution in [3.05, 3.63) is 35.2 Å². The number of rotatable bonds is 1. The van der Waals surface area contributed by atoms with Crippen LogP contribution in [0.4, 0.5) is 0 Å². The van der Waals surface area contributed by atoms with E-state index in [2.05, 4.69) is 4.98 Å². The SMILES string of the molecule is COC1=C(C)C(=O)C(=O)c2cccnc21. The topological polar surface area (TPSA) is 56.3 Å². The summed E-state index contributed by atoms with van der Waals surface area (Å²) in [5, 5.41) is 0. The van der Waals surface area contributed by atoms with Crippen molar-refractivity contribution in [3.8, 4) is 0 Å². The van der Waals surface area contributed by atoms with Gasteiger partial charge in [-0.3, -0.25) is 14.6 Å². The van der Waals surface area contributed by atoms with Crippen molar-refractivity contribution in [1.29, 1.82) is 0 Å². The molecule has 0 fully saturated rings. The smallest absolute Gasteiger partial charge is 0.235 e. The molecule has 4 nitrogen and oxygen atoms in total. The highest BCUT2D eigenvalue weighted by molar-refractivity contribution is 6.51. The van der Waals surface area contributed by atoms with Crippen molar-refractivity contribution in [2.75, 3.05) is 7.11 Å². The molecule has 0 radical (unpaired) electrons. The van der Waals surface area contributed by atoms with E-state index < -0.39 is 11.6 Å². The van der Waals surface area contributed by atoms with E-state index in [1.165, 1.54) is 7.11 Å². The maximum atomic E-state index is 11.6. The van der Waals surface area contributed by atoms with Gasteiger partial charge in [-0.2, -0.15) is 0 Å². The van der Waals surface area contributed by atoms with Crippen LogP contribution in [0.15, 0.2) is 23.9 Å². The first-order valence-electron chi connectivity index (χ1n) is 4.46. The fourth-order valence-electron chi connectivity index (χ4n) is 1.59.